The van der Waals surface area contributed by atoms with Crippen LogP contribution in [0.15, 0.2) is 42.6 Å². The molecule has 0 saturated heterocycles. The summed E-state index contributed by atoms with van der Waals surface area (Å²) in [6, 6.07) is 9.46. The number of aliphatic hydroxyl groups excluding tert-OH is 1. The second kappa shape index (κ2) is 6.38. The lowest BCUT2D eigenvalue weighted by atomic mass is 9.57. The number of benzene rings is 1. The third-order valence-electron chi connectivity index (χ3n) is 6.20. The highest BCUT2D eigenvalue weighted by molar-refractivity contribution is 5.37. The van der Waals surface area contributed by atoms with Crippen molar-refractivity contribution in [3.63, 3.8) is 0 Å². The van der Waals surface area contributed by atoms with E-state index in [4.69, 9.17) is 0 Å². The number of hydrogen-bond acceptors (Lipinski definition) is 2. The predicted molar refractivity (Wildman–Crippen MR) is 92.9 cm³/mol. The number of aromatic nitrogens is 1. The maximum atomic E-state index is 13.2. The minimum Gasteiger partial charge on any atom is -0.392 e. The van der Waals surface area contributed by atoms with Gasteiger partial charge < -0.3 is 5.11 Å². The number of rotatable bonds is 3. The maximum Gasteiger partial charge on any atom is 0.416 e. The van der Waals surface area contributed by atoms with Gasteiger partial charge in [-0.1, -0.05) is 30.7 Å². The molecule has 2 nitrogen and oxygen atoms in total. The Bertz CT molecular complexity index is 798. The van der Waals surface area contributed by atoms with E-state index >= 15 is 0 Å². The zero-order chi connectivity index (χ0) is 18.4. The van der Waals surface area contributed by atoms with Gasteiger partial charge in [-0.15, -0.1) is 0 Å². The van der Waals surface area contributed by atoms with Crippen molar-refractivity contribution in [3.05, 3.63) is 65.0 Å². The Morgan fingerprint density at radius 2 is 1.92 bits per heavy atom. The first kappa shape index (κ1) is 17.5. The fourth-order valence-electron chi connectivity index (χ4n) is 4.66. The van der Waals surface area contributed by atoms with Gasteiger partial charge in [-0.05, 0) is 55.4 Å². The van der Waals surface area contributed by atoms with Gasteiger partial charge in [0.25, 0.3) is 0 Å². The van der Waals surface area contributed by atoms with E-state index < -0.39 is 23.3 Å². The summed E-state index contributed by atoms with van der Waals surface area (Å²) in [4.78, 5) is 4.50. The van der Waals surface area contributed by atoms with Gasteiger partial charge in [0.05, 0.1) is 11.7 Å². The van der Waals surface area contributed by atoms with Crippen molar-refractivity contribution < 1.29 is 18.3 Å². The van der Waals surface area contributed by atoms with Crippen LogP contribution in [0.25, 0.3) is 0 Å². The van der Waals surface area contributed by atoms with E-state index in [2.05, 4.69) is 4.98 Å². The Kier molecular flexibility index (Phi) is 4.30. The molecule has 2 atom stereocenters. The molecular formula is C21H22F3NO. The van der Waals surface area contributed by atoms with E-state index in [1.165, 1.54) is 12.1 Å². The van der Waals surface area contributed by atoms with Crippen LogP contribution in [0.3, 0.4) is 0 Å². The summed E-state index contributed by atoms with van der Waals surface area (Å²) in [6.45, 7) is 0. The van der Waals surface area contributed by atoms with Gasteiger partial charge in [-0.25, -0.2) is 0 Å². The molecule has 1 saturated carbocycles. The van der Waals surface area contributed by atoms with Crippen molar-refractivity contribution >= 4 is 0 Å². The molecule has 138 valence electrons. The quantitative estimate of drug-likeness (QED) is 0.834. The fourth-order valence-corrected chi connectivity index (χ4v) is 4.66. The molecule has 1 fully saturated rings. The van der Waals surface area contributed by atoms with E-state index in [0.29, 0.717) is 18.4 Å². The lowest BCUT2D eigenvalue weighted by Crippen LogP contribution is -2.49. The van der Waals surface area contributed by atoms with Crippen molar-refractivity contribution in [1.82, 2.24) is 4.98 Å². The third kappa shape index (κ3) is 2.82. The van der Waals surface area contributed by atoms with Gasteiger partial charge in [0.15, 0.2) is 0 Å². The molecule has 0 bridgehead atoms. The molecule has 4 rings (SSSR count). The molecule has 2 aliphatic rings. The standard InChI is InChI=1S/C21H22F3NO/c22-21(23,24)16-8-2-7-15(13-16)20(10-4-11-20)19(26)17-9-1-5-14-6-3-12-25-18(14)17/h2-3,6-8,12-13,17,19,26H,1,4-5,9-11H2. The lowest BCUT2D eigenvalue weighted by molar-refractivity contribution is -0.137. The Hall–Kier alpha value is -1.88. The van der Waals surface area contributed by atoms with Crippen LogP contribution in [0, 0.1) is 0 Å². The van der Waals surface area contributed by atoms with Crippen molar-refractivity contribution in [1.29, 1.82) is 0 Å². The van der Waals surface area contributed by atoms with E-state index in [1.54, 1.807) is 12.3 Å². The van der Waals surface area contributed by atoms with Crippen molar-refractivity contribution in [2.75, 3.05) is 0 Å². The molecule has 1 aromatic heterocycles. The van der Waals surface area contributed by atoms with Crippen molar-refractivity contribution in [2.24, 2.45) is 0 Å². The fraction of sp³-hybridized carbons (Fsp3) is 0.476. The van der Waals surface area contributed by atoms with Crippen molar-refractivity contribution in [2.45, 2.75) is 62.1 Å². The van der Waals surface area contributed by atoms with Crippen LogP contribution in [0.5, 0.6) is 0 Å². The zero-order valence-electron chi connectivity index (χ0n) is 14.5. The van der Waals surface area contributed by atoms with Crippen LogP contribution in [0.1, 0.15) is 60.4 Å². The molecule has 2 unspecified atom stereocenters. The molecule has 0 aliphatic heterocycles. The number of nitrogens with zero attached hydrogens (tertiary/aromatic N) is 1. The Morgan fingerprint density at radius 3 is 2.62 bits per heavy atom. The van der Waals surface area contributed by atoms with Gasteiger partial charge in [-0.2, -0.15) is 13.2 Å². The predicted octanol–water partition coefficient (Wildman–Crippen LogP) is 5.00. The van der Waals surface area contributed by atoms with Gasteiger partial charge in [0.2, 0.25) is 0 Å². The number of hydrogen-bond donors (Lipinski definition) is 1. The number of fused-ring (bicyclic) bond motifs is 1. The first-order valence-electron chi connectivity index (χ1n) is 9.21. The van der Waals surface area contributed by atoms with Crippen LogP contribution in [0.4, 0.5) is 13.2 Å². The average molecular weight is 361 g/mol. The number of pyridine rings is 1. The molecule has 26 heavy (non-hydrogen) atoms. The summed E-state index contributed by atoms with van der Waals surface area (Å²) < 4.78 is 39.5. The molecular weight excluding hydrogens is 339 g/mol. The lowest BCUT2D eigenvalue weighted by Gasteiger charge is -2.49. The summed E-state index contributed by atoms with van der Waals surface area (Å²) in [6.07, 6.45) is 1.76. The van der Waals surface area contributed by atoms with Crippen LogP contribution in [-0.2, 0) is 18.0 Å². The highest BCUT2D eigenvalue weighted by Crippen LogP contribution is 2.52. The largest absolute Gasteiger partial charge is 0.416 e. The van der Waals surface area contributed by atoms with E-state index in [-0.39, 0.29) is 5.92 Å². The van der Waals surface area contributed by atoms with Crippen molar-refractivity contribution in [3.8, 4) is 0 Å². The van der Waals surface area contributed by atoms with Crippen LogP contribution in [0.2, 0.25) is 0 Å². The number of halogens is 3. The molecule has 2 aromatic rings. The SMILES string of the molecule is OC(C1CCCc2cccnc21)C1(c2cccc(C(F)(F)F)c2)CCC1. The van der Waals surface area contributed by atoms with Gasteiger partial charge in [0.1, 0.15) is 0 Å². The van der Waals surface area contributed by atoms with Crippen LogP contribution in [-0.4, -0.2) is 16.2 Å². The van der Waals surface area contributed by atoms with Gasteiger partial charge >= 0.3 is 6.18 Å². The third-order valence-corrected chi connectivity index (χ3v) is 6.20. The summed E-state index contributed by atoms with van der Waals surface area (Å²) in [5.41, 5.74) is 1.44. The number of aliphatic hydroxyl groups is 1. The van der Waals surface area contributed by atoms with E-state index in [9.17, 15) is 18.3 Å². The molecule has 5 heteroatoms. The summed E-state index contributed by atoms with van der Waals surface area (Å²) >= 11 is 0. The Morgan fingerprint density at radius 1 is 1.12 bits per heavy atom. The maximum absolute atomic E-state index is 13.2. The monoisotopic (exact) mass is 361 g/mol. The van der Waals surface area contributed by atoms with Gasteiger partial charge in [0, 0.05) is 23.2 Å². The van der Waals surface area contributed by atoms with Crippen LogP contribution >= 0.6 is 0 Å². The number of alkyl halides is 3. The van der Waals surface area contributed by atoms with Crippen LogP contribution < -0.4 is 0 Å². The average Bonchev–Trinajstić information content (AvgIpc) is 2.60. The highest BCUT2D eigenvalue weighted by atomic mass is 19.4. The molecule has 0 radical (unpaired) electrons. The molecule has 1 N–H and O–H groups in total. The topological polar surface area (TPSA) is 33.1 Å². The van der Waals surface area contributed by atoms with E-state index in [0.717, 1.165) is 43.0 Å². The minimum atomic E-state index is -4.37. The second-order valence-electron chi connectivity index (χ2n) is 7.58. The molecule has 0 spiro atoms. The molecule has 2 aliphatic carbocycles. The number of aryl methyl sites for hydroxylation is 1. The highest BCUT2D eigenvalue weighted by Gasteiger charge is 2.49. The summed E-state index contributed by atoms with van der Waals surface area (Å²) in [5.74, 6) is -0.116. The summed E-state index contributed by atoms with van der Waals surface area (Å²) in [7, 11) is 0. The minimum absolute atomic E-state index is 0.116. The Balaban J connectivity index is 1.72. The molecule has 0 amide bonds. The molecule has 1 heterocycles. The smallest absolute Gasteiger partial charge is 0.392 e. The summed E-state index contributed by atoms with van der Waals surface area (Å²) in [5, 5.41) is 11.3. The Labute approximate surface area is 151 Å². The van der Waals surface area contributed by atoms with Gasteiger partial charge in [-0.3, -0.25) is 4.98 Å². The first-order valence-corrected chi connectivity index (χ1v) is 9.21. The normalized spacial score (nSPS) is 23.0. The molecule has 1 aromatic carbocycles. The zero-order valence-corrected chi connectivity index (χ0v) is 14.5. The first-order chi connectivity index (χ1) is 12.4. The second-order valence-corrected chi connectivity index (χ2v) is 7.58. The van der Waals surface area contributed by atoms with E-state index in [1.807, 2.05) is 12.1 Å².